The lowest BCUT2D eigenvalue weighted by Gasteiger charge is -2.40. The minimum atomic E-state index is -0.415. The third-order valence-electron chi connectivity index (χ3n) is 3.50. The smallest absolute Gasteiger partial charge is 0.0746 e. The molecule has 0 amide bonds. The van der Waals surface area contributed by atoms with Crippen LogP contribution >= 0.6 is 0 Å². The molecule has 2 nitrogen and oxygen atoms in total. The molecule has 2 fully saturated rings. The topological polar surface area (TPSA) is 23.5 Å². The number of rotatable bonds is 2. The van der Waals surface area contributed by atoms with Crippen molar-refractivity contribution in [2.24, 2.45) is 5.92 Å². The van der Waals surface area contributed by atoms with E-state index < -0.39 is 5.60 Å². The van der Waals surface area contributed by atoms with Crippen LogP contribution in [0.15, 0.2) is 0 Å². The lowest BCUT2D eigenvalue weighted by atomic mass is 9.84. The highest BCUT2D eigenvalue weighted by atomic mass is 16.3. The van der Waals surface area contributed by atoms with Gasteiger partial charge < -0.3 is 10.0 Å². The maximum absolute atomic E-state index is 9.91. The summed E-state index contributed by atoms with van der Waals surface area (Å²) < 4.78 is 0. The summed E-state index contributed by atoms with van der Waals surface area (Å²) in [6.45, 7) is 5.30. The number of likely N-dealkylation sites (tertiary alicyclic amines) is 1. The van der Waals surface area contributed by atoms with E-state index in [9.17, 15) is 5.11 Å². The van der Waals surface area contributed by atoms with Crippen molar-refractivity contribution in [1.82, 2.24) is 4.90 Å². The standard InChI is InChI=1S/C11H21NO/c1-11(13)6-3-7-12(9-11)8-10-4-2-5-10/h10,13H,2-9H2,1H3. The van der Waals surface area contributed by atoms with Crippen molar-refractivity contribution < 1.29 is 5.11 Å². The van der Waals surface area contributed by atoms with E-state index in [1.165, 1.54) is 38.8 Å². The number of nitrogens with zero attached hydrogens (tertiary/aromatic N) is 1. The Morgan fingerprint density at radius 3 is 2.69 bits per heavy atom. The molecule has 0 aromatic carbocycles. The van der Waals surface area contributed by atoms with E-state index in [1.807, 2.05) is 6.92 Å². The van der Waals surface area contributed by atoms with E-state index >= 15 is 0 Å². The van der Waals surface area contributed by atoms with Crippen LogP contribution in [0.25, 0.3) is 0 Å². The molecule has 0 radical (unpaired) electrons. The molecule has 2 rings (SSSR count). The molecule has 0 aromatic heterocycles. The van der Waals surface area contributed by atoms with Crippen LogP contribution < -0.4 is 0 Å². The number of hydrogen-bond donors (Lipinski definition) is 1. The zero-order valence-corrected chi connectivity index (χ0v) is 8.63. The molecule has 1 heterocycles. The summed E-state index contributed by atoms with van der Waals surface area (Å²) in [5.74, 6) is 0.939. The molecule has 1 aliphatic carbocycles. The number of β-amino-alcohol motifs (C(OH)–C–C–N with tert-alkyl or cyclic N) is 1. The lowest BCUT2D eigenvalue weighted by Crippen LogP contribution is -2.48. The van der Waals surface area contributed by atoms with Gasteiger partial charge in [-0.2, -0.15) is 0 Å². The van der Waals surface area contributed by atoms with Gasteiger partial charge in [0.25, 0.3) is 0 Å². The summed E-state index contributed by atoms with van der Waals surface area (Å²) in [6, 6.07) is 0. The highest BCUT2D eigenvalue weighted by molar-refractivity contribution is 4.85. The van der Waals surface area contributed by atoms with Gasteiger partial charge in [-0.25, -0.2) is 0 Å². The van der Waals surface area contributed by atoms with Gasteiger partial charge in [0.05, 0.1) is 5.60 Å². The summed E-state index contributed by atoms with van der Waals surface area (Å²) in [5, 5.41) is 9.91. The van der Waals surface area contributed by atoms with Crippen LogP contribution in [0, 0.1) is 5.92 Å². The fourth-order valence-electron chi connectivity index (χ4n) is 2.52. The SMILES string of the molecule is CC1(O)CCCN(CC2CCC2)C1. The van der Waals surface area contributed by atoms with Crippen LogP contribution in [0.1, 0.15) is 39.0 Å². The van der Waals surface area contributed by atoms with Crippen LogP contribution in [-0.2, 0) is 0 Å². The Kier molecular flexibility index (Phi) is 2.61. The summed E-state index contributed by atoms with van der Waals surface area (Å²) in [5.41, 5.74) is -0.415. The Morgan fingerprint density at radius 2 is 2.15 bits per heavy atom. The van der Waals surface area contributed by atoms with E-state index in [4.69, 9.17) is 0 Å². The first-order valence-electron chi connectivity index (χ1n) is 5.60. The average molecular weight is 183 g/mol. The molecule has 1 atom stereocenters. The normalized spacial score (nSPS) is 37.4. The van der Waals surface area contributed by atoms with Crippen molar-refractivity contribution in [2.75, 3.05) is 19.6 Å². The van der Waals surface area contributed by atoms with Gasteiger partial charge in [0.2, 0.25) is 0 Å². The zero-order chi connectivity index (χ0) is 9.31. The van der Waals surface area contributed by atoms with Gasteiger partial charge in [0, 0.05) is 13.1 Å². The second-order valence-electron chi connectivity index (χ2n) is 5.13. The second-order valence-corrected chi connectivity index (χ2v) is 5.13. The van der Waals surface area contributed by atoms with Crippen LogP contribution in [0.5, 0.6) is 0 Å². The monoisotopic (exact) mass is 183 g/mol. The van der Waals surface area contributed by atoms with Gasteiger partial charge in [0.15, 0.2) is 0 Å². The highest BCUT2D eigenvalue weighted by Gasteiger charge is 2.30. The predicted octanol–water partition coefficient (Wildman–Crippen LogP) is 1.63. The van der Waals surface area contributed by atoms with Crippen molar-refractivity contribution in [3.05, 3.63) is 0 Å². The fourth-order valence-corrected chi connectivity index (χ4v) is 2.52. The summed E-state index contributed by atoms with van der Waals surface area (Å²) in [4.78, 5) is 2.45. The lowest BCUT2D eigenvalue weighted by molar-refractivity contribution is -0.0234. The quantitative estimate of drug-likeness (QED) is 0.703. The van der Waals surface area contributed by atoms with Crippen molar-refractivity contribution in [2.45, 2.75) is 44.6 Å². The predicted molar refractivity (Wildman–Crippen MR) is 53.6 cm³/mol. The van der Waals surface area contributed by atoms with Crippen LogP contribution in [0.4, 0.5) is 0 Å². The van der Waals surface area contributed by atoms with E-state index in [1.54, 1.807) is 0 Å². The molecule has 1 saturated heterocycles. The van der Waals surface area contributed by atoms with Crippen molar-refractivity contribution in [1.29, 1.82) is 0 Å². The van der Waals surface area contributed by atoms with E-state index in [0.29, 0.717) is 0 Å². The minimum absolute atomic E-state index is 0.415. The van der Waals surface area contributed by atoms with Crippen molar-refractivity contribution >= 4 is 0 Å². The zero-order valence-electron chi connectivity index (χ0n) is 8.63. The molecule has 0 spiro atoms. The largest absolute Gasteiger partial charge is 0.389 e. The molecular weight excluding hydrogens is 162 g/mol. The van der Waals surface area contributed by atoms with Crippen LogP contribution in [-0.4, -0.2) is 35.2 Å². The Hall–Kier alpha value is -0.0800. The van der Waals surface area contributed by atoms with Gasteiger partial charge in [0.1, 0.15) is 0 Å². The van der Waals surface area contributed by atoms with Gasteiger partial charge in [-0.15, -0.1) is 0 Å². The number of hydrogen-bond acceptors (Lipinski definition) is 2. The van der Waals surface area contributed by atoms with E-state index in [-0.39, 0.29) is 0 Å². The molecule has 1 aliphatic heterocycles. The Morgan fingerprint density at radius 1 is 1.38 bits per heavy atom. The van der Waals surface area contributed by atoms with E-state index in [2.05, 4.69) is 4.90 Å². The molecule has 13 heavy (non-hydrogen) atoms. The van der Waals surface area contributed by atoms with Gasteiger partial charge in [-0.05, 0) is 45.1 Å². The maximum Gasteiger partial charge on any atom is 0.0746 e. The molecule has 1 unspecified atom stereocenters. The molecular formula is C11H21NO. The fraction of sp³-hybridized carbons (Fsp3) is 1.00. The minimum Gasteiger partial charge on any atom is -0.389 e. The molecule has 2 aliphatic rings. The molecule has 0 bridgehead atoms. The van der Waals surface area contributed by atoms with Crippen molar-refractivity contribution in [3.8, 4) is 0 Å². The molecule has 1 saturated carbocycles. The third kappa shape index (κ3) is 2.44. The number of aliphatic hydroxyl groups is 1. The molecule has 1 N–H and O–H groups in total. The Balaban J connectivity index is 1.78. The molecule has 2 heteroatoms. The summed E-state index contributed by atoms with van der Waals surface area (Å²) in [7, 11) is 0. The molecule has 0 aromatic rings. The Bertz CT molecular complexity index is 175. The molecule has 76 valence electrons. The summed E-state index contributed by atoms with van der Waals surface area (Å²) in [6.07, 6.45) is 6.40. The highest BCUT2D eigenvalue weighted by Crippen LogP contribution is 2.29. The first-order valence-corrected chi connectivity index (χ1v) is 5.60. The first-order chi connectivity index (χ1) is 6.16. The number of piperidine rings is 1. The van der Waals surface area contributed by atoms with Crippen molar-refractivity contribution in [3.63, 3.8) is 0 Å². The van der Waals surface area contributed by atoms with Gasteiger partial charge >= 0.3 is 0 Å². The second kappa shape index (κ2) is 3.58. The summed E-state index contributed by atoms with van der Waals surface area (Å²) >= 11 is 0. The van der Waals surface area contributed by atoms with Crippen LogP contribution in [0.2, 0.25) is 0 Å². The Labute approximate surface area is 80.9 Å². The van der Waals surface area contributed by atoms with Gasteiger partial charge in [-0.3, -0.25) is 0 Å². The van der Waals surface area contributed by atoms with Crippen LogP contribution in [0.3, 0.4) is 0 Å². The average Bonchev–Trinajstić information content (AvgIpc) is 1.95. The maximum atomic E-state index is 9.91. The van der Waals surface area contributed by atoms with E-state index in [0.717, 1.165) is 18.9 Å². The first kappa shape index (κ1) is 9.47. The van der Waals surface area contributed by atoms with Gasteiger partial charge in [-0.1, -0.05) is 6.42 Å². The third-order valence-corrected chi connectivity index (χ3v) is 3.50.